The third kappa shape index (κ3) is 6.62. The van der Waals surface area contributed by atoms with Crippen molar-refractivity contribution in [3.63, 3.8) is 0 Å². The molecule has 1 saturated carbocycles. The van der Waals surface area contributed by atoms with Crippen LogP contribution in [0.25, 0.3) is 11.0 Å². The Bertz CT molecular complexity index is 1310. The smallest absolute Gasteiger partial charge is 0.369 e. The molecule has 2 heterocycles. The van der Waals surface area contributed by atoms with Crippen LogP contribution in [0, 0.1) is 12.8 Å². The molecular weight excluding hydrogens is 519 g/mol. The Hall–Kier alpha value is -3.62. The van der Waals surface area contributed by atoms with E-state index < -0.39 is 61.4 Å². The summed E-state index contributed by atoms with van der Waals surface area (Å²) in [4.78, 5) is 32.0. The second-order valence-electron chi connectivity index (χ2n) is 9.35. The molecule has 2 unspecified atom stereocenters. The lowest BCUT2D eigenvalue weighted by Gasteiger charge is -2.33. The Labute approximate surface area is 212 Å². The van der Waals surface area contributed by atoms with Crippen molar-refractivity contribution in [1.29, 1.82) is 0 Å². The number of carbonyl (C=O) groups is 2. The highest BCUT2D eigenvalue weighted by Gasteiger charge is 2.41. The largest absolute Gasteiger partial charge is 0.389 e. The zero-order valence-electron chi connectivity index (χ0n) is 20.1. The van der Waals surface area contributed by atoms with Gasteiger partial charge in [-0.25, -0.2) is 18.4 Å². The summed E-state index contributed by atoms with van der Waals surface area (Å²) < 4.78 is 70.1. The quantitative estimate of drug-likeness (QED) is 0.248. The van der Waals surface area contributed by atoms with Crippen LogP contribution in [0.3, 0.4) is 0 Å². The van der Waals surface area contributed by atoms with Gasteiger partial charge < -0.3 is 20.7 Å². The SMILES string of the molecule is Cc1nonc1C(=O)NC(c1nc2ccc([C@@H](O)NC(=O)CCC(F)(F)F)cc2[nH]1)C1CCCC(F)(F)C1. The van der Waals surface area contributed by atoms with E-state index in [4.69, 9.17) is 0 Å². The van der Waals surface area contributed by atoms with Gasteiger partial charge in [-0.15, -0.1) is 0 Å². The third-order valence-electron chi connectivity index (χ3n) is 6.37. The maximum absolute atomic E-state index is 14.3. The third-order valence-corrected chi connectivity index (χ3v) is 6.37. The van der Waals surface area contributed by atoms with Crippen LogP contribution in [0.4, 0.5) is 22.0 Å². The number of aliphatic hydroxyl groups excluding tert-OH is 1. The molecule has 0 radical (unpaired) electrons. The molecule has 0 saturated heterocycles. The number of aromatic amines is 1. The van der Waals surface area contributed by atoms with E-state index in [2.05, 4.69) is 35.5 Å². The number of hydrogen-bond acceptors (Lipinski definition) is 7. The van der Waals surface area contributed by atoms with Gasteiger partial charge in [-0.05, 0) is 43.0 Å². The maximum Gasteiger partial charge on any atom is 0.389 e. The molecule has 1 aromatic carbocycles. The number of aryl methyl sites for hydroxylation is 1. The molecule has 4 N–H and O–H groups in total. The zero-order chi connectivity index (χ0) is 27.7. The van der Waals surface area contributed by atoms with Crippen LogP contribution in [-0.4, -0.2) is 49.3 Å². The van der Waals surface area contributed by atoms with Gasteiger partial charge in [0, 0.05) is 24.8 Å². The molecule has 206 valence electrons. The second-order valence-corrected chi connectivity index (χ2v) is 9.35. The number of fused-ring (bicyclic) bond motifs is 1. The van der Waals surface area contributed by atoms with Crippen LogP contribution in [0.2, 0.25) is 0 Å². The number of nitrogens with zero attached hydrogens (tertiary/aromatic N) is 3. The Morgan fingerprint density at radius 2 is 2.03 bits per heavy atom. The topological polar surface area (TPSA) is 146 Å². The Balaban J connectivity index is 1.57. The highest BCUT2D eigenvalue weighted by molar-refractivity contribution is 5.93. The molecule has 38 heavy (non-hydrogen) atoms. The summed E-state index contributed by atoms with van der Waals surface area (Å²) in [6.07, 6.45) is -8.35. The number of nitrogens with one attached hydrogen (secondary N) is 3. The van der Waals surface area contributed by atoms with Crippen molar-refractivity contribution in [2.75, 3.05) is 0 Å². The number of rotatable bonds is 8. The number of benzene rings is 1. The van der Waals surface area contributed by atoms with E-state index in [9.17, 15) is 36.6 Å². The van der Waals surface area contributed by atoms with Crippen molar-refractivity contribution in [3.05, 3.63) is 41.0 Å². The van der Waals surface area contributed by atoms with Crippen molar-refractivity contribution >= 4 is 22.8 Å². The summed E-state index contributed by atoms with van der Waals surface area (Å²) in [5.74, 6) is -5.06. The molecule has 1 aliphatic carbocycles. The molecule has 3 aromatic rings. The van der Waals surface area contributed by atoms with Crippen LogP contribution in [0.1, 0.15) is 78.4 Å². The molecule has 15 heteroatoms. The van der Waals surface area contributed by atoms with Crippen molar-refractivity contribution in [2.24, 2.45) is 5.92 Å². The average molecular weight is 544 g/mol. The first-order valence-electron chi connectivity index (χ1n) is 11.8. The summed E-state index contributed by atoms with van der Waals surface area (Å²) >= 11 is 0. The Kier molecular flexibility index (Phi) is 7.67. The second kappa shape index (κ2) is 10.6. The molecule has 10 nitrogen and oxygen atoms in total. The number of H-pyrrole nitrogens is 1. The predicted molar refractivity (Wildman–Crippen MR) is 121 cm³/mol. The minimum absolute atomic E-state index is 0.0969. The highest BCUT2D eigenvalue weighted by Crippen LogP contribution is 2.42. The van der Waals surface area contributed by atoms with Gasteiger partial charge in [0.1, 0.15) is 11.5 Å². The molecule has 3 atom stereocenters. The summed E-state index contributed by atoms with van der Waals surface area (Å²) in [5.41, 5.74) is 1.00. The van der Waals surface area contributed by atoms with E-state index in [0.717, 1.165) is 0 Å². The molecule has 2 aromatic heterocycles. The molecule has 1 aliphatic rings. The lowest BCUT2D eigenvalue weighted by atomic mass is 9.81. The van der Waals surface area contributed by atoms with Crippen LogP contribution in [-0.2, 0) is 4.79 Å². The van der Waals surface area contributed by atoms with Gasteiger partial charge in [0.05, 0.1) is 23.5 Å². The lowest BCUT2D eigenvalue weighted by Crippen LogP contribution is -2.39. The standard InChI is InChI=1S/C23H25F5N6O4/c1-11-17(34-38-33-11)21(37)32-18(13-3-2-7-22(24,25)10-13)19-29-14-5-4-12(9-15(14)30-19)20(36)31-16(35)6-8-23(26,27)28/h4-5,9,13,18,20,36H,2-3,6-8,10H2,1H3,(H,29,30)(H,31,35)(H,32,37)/t13?,18?,20-/m1/s1. The van der Waals surface area contributed by atoms with Crippen LogP contribution < -0.4 is 10.6 Å². The average Bonchev–Trinajstić information content (AvgIpc) is 3.45. The first-order valence-corrected chi connectivity index (χ1v) is 11.8. The molecule has 0 aliphatic heterocycles. The molecular formula is C23H25F5N6O4. The molecule has 0 spiro atoms. The number of aromatic nitrogens is 4. The molecule has 4 rings (SSSR count). The maximum atomic E-state index is 14.3. The van der Waals surface area contributed by atoms with Crippen molar-refractivity contribution in [3.8, 4) is 0 Å². The normalized spacial score (nSPS) is 19.2. The van der Waals surface area contributed by atoms with E-state index in [-0.39, 0.29) is 35.6 Å². The number of aliphatic hydroxyl groups is 1. The van der Waals surface area contributed by atoms with Crippen LogP contribution in [0.5, 0.6) is 0 Å². The molecule has 0 bridgehead atoms. The lowest BCUT2D eigenvalue weighted by molar-refractivity contribution is -0.145. The number of amides is 2. The first-order chi connectivity index (χ1) is 17.8. The fourth-order valence-corrected chi connectivity index (χ4v) is 4.48. The van der Waals surface area contributed by atoms with Gasteiger partial charge in [-0.1, -0.05) is 11.2 Å². The van der Waals surface area contributed by atoms with Crippen LogP contribution in [0.15, 0.2) is 22.8 Å². The number of carbonyl (C=O) groups excluding carboxylic acids is 2. The fraction of sp³-hybridized carbons (Fsp3) is 0.522. The van der Waals surface area contributed by atoms with E-state index in [1.165, 1.54) is 25.1 Å². The monoisotopic (exact) mass is 544 g/mol. The summed E-state index contributed by atoms with van der Waals surface area (Å²) in [7, 11) is 0. The van der Waals surface area contributed by atoms with E-state index in [0.29, 0.717) is 17.5 Å². The van der Waals surface area contributed by atoms with Gasteiger partial charge >= 0.3 is 6.18 Å². The zero-order valence-corrected chi connectivity index (χ0v) is 20.1. The van der Waals surface area contributed by atoms with Gasteiger partial charge in [0.25, 0.3) is 5.91 Å². The van der Waals surface area contributed by atoms with E-state index in [1.807, 2.05) is 0 Å². The minimum Gasteiger partial charge on any atom is -0.369 e. The van der Waals surface area contributed by atoms with Gasteiger partial charge in [0.2, 0.25) is 11.8 Å². The minimum atomic E-state index is -4.51. The van der Waals surface area contributed by atoms with Crippen molar-refractivity contribution in [1.82, 2.24) is 30.9 Å². The number of hydrogen-bond donors (Lipinski definition) is 4. The summed E-state index contributed by atoms with van der Waals surface area (Å²) in [6, 6.07) is 3.36. The molecule has 2 amide bonds. The number of imidazole rings is 1. The Morgan fingerprint density at radius 1 is 1.26 bits per heavy atom. The number of alkyl halides is 5. The predicted octanol–water partition coefficient (Wildman–Crippen LogP) is 4.00. The van der Waals surface area contributed by atoms with Crippen molar-refractivity contribution < 1.29 is 41.3 Å². The van der Waals surface area contributed by atoms with Crippen LogP contribution >= 0.6 is 0 Å². The van der Waals surface area contributed by atoms with Gasteiger partial charge in [-0.2, -0.15) is 13.2 Å². The summed E-state index contributed by atoms with van der Waals surface area (Å²) in [5, 5.41) is 22.2. The highest BCUT2D eigenvalue weighted by atomic mass is 19.4. The van der Waals surface area contributed by atoms with Crippen molar-refractivity contribution in [2.45, 2.75) is 69.8 Å². The molecule has 1 fully saturated rings. The first kappa shape index (κ1) is 27.4. The number of halogens is 5. The van der Waals surface area contributed by atoms with E-state index in [1.54, 1.807) is 0 Å². The van der Waals surface area contributed by atoms with Gasteiger partial charge in [0.15, 0.2) is 11.9 Å². The van der Waals surface area contributed by atoms with E-state index >= 15 is 0 Å². The Morgan fingerprint density at radius 3 is 2.68 bits per heavy atom. The fourth-order valence-electron chi connectivity index (χ4n) is 4.48. The van der Waals surface area contributed by atoms with Gasteiger partial charge in [-0.3, -0.25) is 9.59 Å². The summed E-state index contributed by atoms with van der Waals surface area (Å²) in [6.45, 7) is 1.51.